The number of anilines is 1. The van der Waals surface area contributed by atoms with Crippen LogP contribution >= 0.6 is 0 Å². The Morgan fingerprint density at radius 3 is 2.38 bits per heavy atom. The number of benzene rings is 1. The molecule has 5 nitrogen and oxygen atoms in total. The SMILES string of the molecule is Cc1ccc(NC(=O)NCC(CC(C)C)C(=O)O)cc1C. The van der Waals surface area contributed by atoms with Crippen LogP contribution in [0.1, 0.15) is 31.4 Å². The maximum Gasteiger partial charge on any atom is 0.319 e. The second kappa shape index (κ2) is 7.67. The molecule has 21 heavy (non-hydrogen) atoms. The lowest BCUT2D eigenvalue weighted by atomic mass is 9.97. The molecular weight excluding hydrogens is 268 g/mol. The summed E-state index contributed by atoms with van der Waals surface area (Å²) in [7, 11) is 0. The van der Waals surface area contributed by atoms with E-state index < -0.39 is 11.9 Å². The van der Waals surface area contributed by atoms with E-state index in [0.29, 0.717) is 12.1 Å². The molecule has 1 aromatic rings. The molecule has 3 N–H and O–H groups in total. The van der Waals surface area contributed by atoms with Crippen molar-refractivity contribution in [3.63, 3.8) is 0 Å². The Bertz CT molecular complexity index is 512. The zero-order valence-corrected chi connectivity index (χ0v) is 13.1. The van der Waals surface area contributed by atoms with Crippen molar-refractivity contribution < 1.29 is 14.7 Å². The predicted molar refractivity (Wildman–Crippen MR) is 83.5 cm³/mol. The minimum Gasteiger partial charge on any atom is -0.481 e. The van der Waals surface area contributed by atoms with Crippen molar-refractivity contribution in [2.75, 3.05) is 11.9 Å². The van der Waals surface area contributed by atoms with E-state index in [1.807, 2.05) is 45.9 Å². The van der Waals surface area contributed by atoms with Crippen molar-refractivity contribution in [2.24, 2.45) is 11.8 Å². The third-order valence-electron chi connectivity index (χ3n) is 3.38. The van der Waals surface area contributed by atoms with E-state index in [1.54, 1.807) is 0 Å². The lowest BCUT2D eigenvalue weighted by Gasteiger charge is -2.16. The molecule has 0 bridgehead atoms. The molecule has 0 saturated carbocycles. The van der Waals surface area contributed by atoms with Gasteiger partial charge in [-0.05, 0) is 49.4 Å². The summed E-state index contributed by atoms with van der Waals surface area (Å²) in [5.41, 5.74) is 2.95. The number of carbonyl (C=O) groups is 2. The zero-order chi connectivity index (χ0) is 16.0. The van der Waals surface area contributed by atoms with E-state index in [9.17, 15) is 9.59 Å². The quantitative estimate of drug-likeness (QED) is 0.753. The summed E-state index contributed by atoms with van der Waals surface area (Å²) < 4.78 is 0. The molecule has 2 amide bonds. The van der Waals surface area contributed by atoms with Crippen LogP contribution in [-0.2, 0) is 4.79 Å². The highest BCUT2D eigenvalue weighted by atomic mass is 16.4. The van der Waals surface area contributed by atoms with Gasteiger partial charge in [0.2, 0.25) is 0 Å². The van der Waals surface area contributed by atoms with Gasteiger partial charge in [-0.3, -0.25) is 4.79 Å². The molecule has 1 aromatic carbocycles. The molecule has 116 valence electrons. The molecule has 1 atom stereocenters. The number of urea groups is 1. The van der Waals surface area contributed by atoms with Crippen LogP contribution in [0.5, 0.6) is 0 Å². The molecule has 0 heterocycles. The van der Waals surface area contributed by atoms with Crippen LogP contribution in [0.15, 0.2) is 18.2 Å². The fourth-order valence-electron chi connectivity index (χ4n) is 2.05. The fourth-order valence-corrected chi connectivity index (χ4v) is 2.05. The van der Waals surface area contributed by atoms with E-state index in [0.717, 1.165) is 11.1 Å². The van der Waals surface area contributed by atoms with Gasteiger partial charge in [-0.25, -0.2) is 4.79 Å². The summed E-state index contributed by atoms with van der Waals surface area (Å²) in [5.74, 6) is -1.17. The monoisotopic (exact) mass is 292 g/mol. The van der Waals surface area contributed by atoms with Crippen molar-refractivity contribution in [3.8, 4) is 0 Å². The van der Waals surface area contributed by atoms with Crippen molar-refractivity contribution in [1.29, 1.82) is 0 Å². The largest absolute Gasteiger partial charge is 0.481 e. The Hall–Kier alpha value is -2.04. The van der Waals surface area contributed by atoms with Gasteiger partial charge in [0.05, 0.1) is 5.92 Å². The van der Waals surface area contributed by atoms with Crippen molar-refractivity contribution in [2.45, 2.75) is 34.1 Å². The second-order valence-corrected chi connectivity index (χ2v) is 5.80. The van der Waals surface area contributed by atoms with E-state index in [4.69, 9.17) is 5.11 Å². The second-order valence-electron chi connectivity index (χ2n) is 5.80. The predicted octanol–water partition coefficient (Wildman–Crippen LogP) is 3.17. The first kappa shape index (κ1) is 17.0. The number of carbonyl (C=O) groups excluding carboxylic acids is 1. The van der Waals surface area contributed by atoms with Crippen LogP contribution in [0.2, 0.25) is 0 Å². The third-order valence-corrected chi connectivity index (χ3v) is 3.38. The first-order valence-corrected chi connectivity index (χ1v) is 7.14. The first-order chi connectivity index (χ1) is 9.79. The molecule has 0 spiro atoms. The Morgan fingerprint density at radius 2 is 1.86 bits per heavy atom. The average Bonchev–Trinajstić information content (AvgIpc) is 2.38. The minimum absolute atomic E-state index is 0.129. The number of aliphatic carboxylic acids is 1. The van der Waals surface area contributed by atoms with Crippen molar-refractivity contribution in [3.05, 3.63) is 29.3 Å². The summed E-state index contributed by atoms with van der Waals surface area (Å²) in [6.45, 7) is 8.03. The van der Waals surface area contributed by atoms with Crippen LogP contribution in [-0.4, -0.2) is 23.7 Å². The van der Waals surface area contributed by atoms with E-state index in [1.165, 1.54) is 0 Å². The molecule has 0 fully saturated rings. The first-order valence-electron chi connectivity index (χ1n) is 7.14. The minimum atomic E-state index is -0.879. The Balaban J connectivity index is 2.52. The van der Waals surface area contributed by atoms with Gasteiger partial charge in [-0.15, -0.1) is 0 Å². The van der Waals surface area contributed by atoms with Gasteiger partial charge >= 0.3 is 12.0 Å². The lowest BCUT2D eigenvalue weighted by Crippen LogP contribution is -2.36. The molecule has 1 rings (SSSR count). The van der Waals surface area contributed by atoms with Gasteiger partial charge < -0.3 is 15.7 Å². The number of carboxylic acids is 1. The molecular formula is C16H24N2O3. The normalized spacial score (nSPS) is 12.0. The van der Waals surface area contributed by atoms with Crippen LogP contribution in [0.25, 0.3) is 0 Å². The number of amides is 2. The summed E-state index contributed by atoms with van der Waals surface area (Å²) >= 11 is 0. The molecule has 0 aliphatic carbocycles. The lowest BCUT2D eigenvalue weighted by molar-refractivity contribution is -0.142. The molecule has 1 unspecified atom stereocenters. The maximum absolute atomic E-state index is 11.8. The maximum atomic E-state index is 11.8. The third kappa shape index (κ3) is 5.85. The van der Waals surface area contributed by atoms with Gasteiger partial charge in [0.1, 0.15) is 0 Å². The number of hydrogen-bond donors (Lipinski definition) is 3. The molecule has 5 heteroatoms. The molecule has 0 aromatic heterocycles. The molecule has 0 aliphatic heterocycles. The highest BCUT2D eigenvalue weighted by Gasteiger charge is 2.19. The Kier molecular flexibility index (Phi) is 6.21. The standard InChI is InChI=1S/C16H24N2O3/c1-10(2)7-13(15(19)20)9-17-16(21)18-14-6-5-11(3)12(4)8-14/h5-6,8,10,13H,7,9H2,1-4H3,(H,19,20)(H2,17,18,21). The molecule has 0 aliphatic rings. The topological polar surface area (TPSA) is 78.4 Å². The van der Waals surface area contributed by atoms with Crippen LogP contribution in [0.3, 0.4) is 0 Å². The van der Waals surface area contributed by atoms with E-state index in [2.05, 4.69) is 10.6 Å². The Morgan fingerprint density at radius 1 is 1.19 bits per heavy atom. The van der Waals surface area contributed by atoms with Gasteiger partial charge in [0, 0.05) is 12.2 Å². The van der Waals surface area contributed by atoms with Gasteiger partial charge in [-0.1, -0.05) is 19.9 Å². The number of nitrogens with one attached hydrogen (secondary N) is 2. The summed E-state index contributed by atoms with van der Waals surface area (Å²) in [6, 6.07) is 5.26. The number of hydrogen-bond acceptors (Lipinski definition) is 2. The fraction of sp³-hybridized carbons (Fsp3) is 0.500. The van der Waals surface area contributed by atoms with E-state index >= 15 is 0 Å². The van der Waals surface area contributed by atoms with Crippen molar-refractivity contribution >= 4 is 17.7 Å². The van der Waals surface area contributed by atoms with E-state index in [-0.39, 0.29) is 18.5 Å². The van der Waals surface area contributed by atoms with Crippen LogP contribution in [0.4, 0.5) is 10.5 Å². The number of rotatable bonds is 6. The summed E-state index contributed by atoms with van der Waals surface area (Å²) in [4.78, 5) is 22.9. The molecule has 0 radical (unpaired) electrons. The number of carboxylic acid groups (broad SMARTS) is 1. The van der Waals surface area contributed by atoms with Gasteiger partial charge in [-0.2, -0.15) is 0 Å². The van der Waals surface area contributed by atoms with Gasteiger partial charge in [0.25, 0.3) is 0 Å². The highest BCUT2D eigenvalue weighted by molar-refractivity contribution is 5.89. The van der Waals surface area contributed by atoms with Crippen LogP contribution in [0, 0.1) is 25.7 Å². The highest BCUT2D eigenvalue weighted by Crippen LogP contribution is 2.14. The number of aryl methyl sites for hydroxylation is 2. The van der Waals surface area contributed by atoms with Crippen LogP contribution < -0.4 is 10.6 Å². The van der Waals surface area contributed by atoms with Crippen molar-refractivity contribution in [1.82, 2.24) is 5.32 Å². The average molecular weight is 292 g/mol. The zero-order valence-electron chi connectivity index (χ0n) is 13.1. The summed E-state index contributed by atoms with van der Waals surface area (Å²) in [6.07, 6.45) is 0.541. The smallest absolute Gasteiger partial charge is 0.319 e. The molecule has 0 saturated heterocycles. The summed E-state index contributed by atoms with van der Waals surface area (Å²) in [5, 5.41) is 14.5. The Labute approximate surface area is 125 Å². The van der Waals surface area contributed by atoms with Gasteiger partial charge in [0.15, 0.2) is 0 Å².